The van der Waals surface area contributed by atoms with Gasteiger partial charge < -0.3 is 0 Å². The van der Waals surface area contributed by atoms with Crippen molar-refractivity contribution < 1.29 is 17.2 Å². The van der Waals surface area contributed by atoms with E-state index in [-0.39, 0.29) is 5.75 Å². The van der Waals surface area contributed by atoms with Crippen LogP contribution in [0.4, 0.5) is 8.78 Å². The Morgan fingerprint density at radius 2 is 1.92 bits per heavy atom. The summed E-state index contributed by atoms with van der Waals surface area (Å²) in [6, 6.07) is 0. The molecule has 0 aromatic carbocycles. The molecule has 1 aliphatic rings. The van der Waals surface area contributed by atoms with E-state index in [0.29, 0.717) is 6.42 Å². The lowest BCUT2D eigenvalue weighted by molar-refractivity contribution is -0.0685. The molecule has 0 spiro atoms. The maximum Gasteiger partial charge on any atom is 0.250 e. The zero-order chi connectivity index (χ0) is 9.41. The van der Waals surface area contributed by atoms with Gasteiger partial charge in [-0.05, 0) is 6.42 Å². The fourth-order valence-corrected chi connectivity index (χ4v) is 3.21. The van der Waals surface area contributed by atoms with Crippen LogP contribution in [0.5, 0.6) is 0 Å². The van der Waals surface area contributed by atoms with Gasteiger partial charge in [0.1, 0.15) is 0 Å². The summed E-state index contributed by atoms with van der Waals surface area (Å²) in [6.07, 6.45) is -0.449. The molecule has 5 heteroatoms. The lowest BCUT2D eigenvalue weighted by atomic mass is 9.94. The highest BCUT2D eigenvalue weighted by atomic mass is 32.2. The Morgan fingerprint density at radius 3 is 2.25 bits per heavy atom. The minimum atomic E-state index is -3.22. The van der Waals surface area contributed by atoms with Gasteiger partial charge in [0.25, 0.3) is 5.92 Å². The zero-order valence-electron chi connectivity index (χ0n) is 6.89. The largest absolute Gasteiger partial charge is 0.250 e. The Bertz CT molecular complexity index is 251. The Labute approximate surface area is 70.9 Å². The summed E-state index contributed by atoms with van der Waals surface area (Å²) >= 11 is 0. The molecule has 0 unspecified atom stereocenters. The lowest BCUT2D eigenvalue weighted by Crippen LogP contribution is -2.45. The minimum Gasteiger partial charge on any atom is -0.229 e. The standard InChI is InChI=1S/C7H12F2O2S/c1-2-3-12(10,11)6-4-7(8,9)5-6/h6H,2-5H2,1H3. The molecule has 0 heterocycles. The average molecular weight is 198 g/mol. The quantitative estimate of drug-likeness (QED) is 0.690. The van der Waals surface area contributed by atoms with E-state index in [1.165, 1.54) is 0 Å². The molecule has 1 fully saturated rings. The zero-order valence-corrected chi connectivity index (χ0v) is 7.70. The summed E-state index contributed by atoms with van der Waals surface area (Å²) in [6.45, 7) is 1.73. The number of hydrogen-bond acceptors (Lipinski definition) is 2. The van der Waals surface area contributed by atoms with Gasteiger partial charge in [0.15, 0.2) is 9.84 Å². The predicted molar refractivity (Wildman–Crippen MR) is 42.0 cm³/mol. The first-order valence-corrected chi connectivity index (χ1v) is 5.68. The second-order valence-corrected chi connectivity index (χ2v) is 5.65. The molecule has 0 aromatic rings. The molecule has 1 rings (SSSR count). The van der Waals surface area contributed by atoms with Crippen LogP contribution in [-0.2, 0) is 9.84 Å². The average Bonchev–Trinajstić information content (AvgIpc) is 1.82. The van der Waals surface area contributed by atoms with Crippen LogP contribution in [0.1, 0.15) is 26.2 Å². The molecule has 0 atom stereocenters. The maximum atomic E-state index is 12.3. The van der Waals surface area contributed by atoms with Crippen LogP contribution in [0.15, 0.2) is 0 Å². The van der Waals surface area contributed by atoms with Crippen molar-refractivity contribution in [3.8, 4) is 0 Å². The van der Waals surface area contributed by atoms with Gasteiger partial charge in [-0.1, -0.05) is 6.92 Å². The van der Waals surface area contributed by atoms with Crippen molar-refractivity contribution in [1.82, 2.24) is 0 Å². The molecule has 0 radical (unpaired) electrons. The molecular weight excluding hydrogens is 186 g/mol. The first-order chi connectivity index (χ1) is 5.37. The topological polar surface area (TPSA) is 34.1 Å². The summed E-state index contributed by atoms with van der Waals surface area (Å²) < 4.78 is 46.9. The van der Waals surface area contributed by atoms with E-state index in [4.69, 9.17) is 0 Å². The van der Waals surface area contributed by atoms with Gasteiger partial charge in [0.2, 0.25) is 0 Å². The molecule has 0 saturated heterocycles. The molecule has 1 saturated carbocycles. The first kappa shape index (κ1) is 9.89. The van der Waals surface area contributed by atoms with Gasteiger partial charge in [-0.2, -0.15) is 0 Å². The Morgan fingerprint density at radius 1 is 1.42 bits per heavy atom. The van der Waals surface area contributed by atoms with E-state index in [1.54, 1.807) is 6.92 Å². The second kappa shape index (κ2) is 2.94. The van der Waals surface area contributed by atoms with Crippen LogP contribution < -0.4 is 0 Å². The molecule has 2 nitrogen and oxygen atoms in total. The van der Waals surface area contributed by atoms with Crippen LogP contribution in [0.3, 0.4) is 0 Å². The van der Waals surface area contributed by atoms with Gasteiger partial charge in [-0.3, -0.25) is 0 Å². The SMILES string of the molecule is CCCS(=O)(=O)C1CC(F)(F)C1. The van der Waals surface area contributed by atoms with Gasteiger partial charge in [0.05, 0.1) is 11.0 Å². The maximum absolute atomic E-state index is 12.3. The molecular formula is C7H12F2O2S. The third kappa shape index (κ3) is 1.94. The van der Waals surface area contributed by atoms with Gasteiger partial charge in [-0.25, -0.2) is 17.2 Å². The van der Waals surface area contributed by atoms with Crippen LogP contribution in [-0.4, -0.2) is 25.3 Å². The van der Waals surface area contributed by atoms with E-state index in [2.05, 4.69) is 0 Å². The molecule has 0 aromatic heterocycles. The number of rotatable bonds is 3. The predicted octanol–water partition coefficient (Wildman–Crippen LogP) is 1.61. The van der Waals surface area contributed by atoms with E-state index < -0.39 is 33.9 Å². The summed E-state index contributed by atoms with van der Waals surface area (Å²) in [5, 5.41) is -0.785. The van der Waals surface area contributed by atoms with Crippen LogP contribution >= 0.6 is 0 Å². The highest BCUT2D eigenvalue weighted by Crippen LogP contribution is 2.41. The van der Waals surface area contributed by atoms with Crippen LogP contribution in [0, 0.1) is 0 Å². The first-order valence-electron chi connectivity index (χ1n) is 3.97. The molecule has 12 heavy (non-hydrogen) atoms. The highest BCUT2D eigenvalue weighted by Gasteiger charge is 2.50. The number of halogens is 2. The summed E-state index contributed by atoms with van der Waals surface area (Å²) in [7, 11) is -3.22. The van der Waals surface area contributed by atoms with E-state index in [1.807, 2.05) is 0 Å². The third-order valence-corrected chi connectivity index (χ3v) is 4.38. The second-order valence-electron chi connectivity index (χ2n) is 3.25. The summed E-state index contributed by atoms with van der Waals surface area (Å²) in [4.78, 5) is 0. The molecule has 1 aliphatic carbocycles. The van der Waals surface area contributed by atoms with E-state index in [9.17, 15) is 17.2 Å². The van der Waals surface area contributed by atoms with Crippen molar-refractivity contribution in [3.05, 3.63) is 0 Å². The highest BCUT2D eigenvalue weighted by molar-refractivity contribution is 7.92. The van der Waals surface area contributed by atoms with Crippen molar-refractivity contribution in [2.24, 2.45) is 0 Å². The number of sulfone groups is 1. The monoisotopic (exact) mass is 198 g/mol. The Balaban J connectivity index is 2.53. The molecule has 0 aliphatic heterocycles. The van der Waals surface area contributed by atoms with Crippen molar-refractivity contribution in [3.63, 3.8) is 0 Å². The summed E-state index contributed by atoms with van der Waals surface area (Å²) in [5.41, 5.74) is 0. The fraction of sp³-hybridized carbons (Fsp3) is 1.00. The van der Waals surface area contributed by atoms with Crippen molar-refractivity contribution in [2.45, 2.75) is 37.4 Å². The van der Waals surface area contributed by atoms with Gasteiger partial charge in [-0.15, -0.1) is 0 Å². The number of hydrogen-bond donors (Lipinski definition) is 0. The van der Waals surface area contributed by atoms with E-state index in [0.717, 1.165) is 0 Å². The molecule has 72 valence electrons. The Kier molecular flexibility index (Phi) is 2.42. The van der Waals surface area contributed by atoms with Crippen molar-refractivity contribution in [2.75, 3.05) is 5.75 Å². The third-order valence-electron chi connectivity index (χ3n) is 2.05. The van der Waals surface area contributed by atoms with Crippen LogP contribution in [0.2, 0.25) is 0 Å². The molecule has 0 bridgehead atoms. The van der Waals surface area contributed by atoms with Crippen molar-refractivity contribution >= 4 is 9.84 Å². The normalized spacial score (nSPS) is 23.6. The van der Waals surface area contributed by atoms with Crippen molar-refractivity contribution in [1.29, 1.82) is 0 Å². The fourth-order valence-electron chi connectivity index (χ4n) is 1.31. The van der Waals surface area contributed by atoms with Gasteiger partial charge >= 0.3 is 0 Å². The Hall–Kier alpha value is -0.190. The van der Waals surface area contributed by atoms with Crippen LogP contribution in [0.25, 0.3) is 0 Å². The summed E-state index contributed by atoms with van der Waals surface area (Å²) in [5.74, 6) is -2.70. The number of alkyl halides is 2. The van der Waals surface area contributed by atoms with Gasteiger partial charge in [0, 0.05) is 12.8 Å². The lowest BCUT2D eigenvalue weighted by Gasteiger charge is -2.34. The smallest absolute Gasteiger partial charge is 0.229 e. The molecule has 0 N–H and O–H groups in total. The molecule has 0 amide bonds. The minimum absolute atomic E-state index is 0.0355. The van der Waals surface area contributed by atoms with E-state index >= 15 is 0 Å².